The summed E-state index contributed by atoms with van der Waals surface area (Å²) in [6.07, 6.45) is 0.552. The van der Waals surface area contributed by atoms with E-state index in [1.165, 1.54) is 0 Å². The van der Waals surface area contributed by atoms with Crippen LogP contribution in [0.3, 0.4) is 0 Å². The van der Waals surface area contributed by atoms with Gasteiger partial charge in [-0.15, -0.1) is 0 Å². The van der Waals surface area contributed by atoms with Crippen LogP contribution >= 0.6 is 0 Å². The van der Waals surface area contributed by atoms with Crippen LogP contribution in [0.1, 0.15) is 32.8 Å². The number of carboxylic acids is 1. The van der Waals surface area contributed by atoms with E-state index in [0.717, 1.165) is 5.56 Å². The summed E-state index contributed by atoms with van der Waals surface area (Å²) in [5.74, 6) is -1.33. The molecule has 1 heterocycles. The second-order valence-electron chi connectivity index (χ2n) is 7.29. The van der Waals surface area contributed by atoms with Gasteiger partial charge in [-0.2, -0.15) is 0 Å². The molecule has 1 aromatic carbocycles. The molecule has 2 N–H and O–H groups in total. The quantitative estimate of drug-likeness (QED) is 0.892. The SMILES string of the molecule is CC(C)(C)C(=O)N1CC(NCc2ccccc2)CC(C(=O)O)C1. The summed E-state index contributed by atoms with van der Waals surface area (Å²) in [6.45, 7) is 7.14. The zero-order chi connectivity index (χ0) is 17.0. The van der Waals surface area contributed by atoms with Crippen LogP contribution in [-0.4, -0.2) is 41.0 Å². The van der Waals surface area contributed by atoms with Gasteiger partial charge in [-0.3, -0.25) is 9.59 Å². The summed E-state index contributed by atoms with van der Waals surface area (Å²) in [6, 6.07) is 9.98. The van der Waals surface area contributed by atoms with Gasteiger partial charge in [0.15, 0.2) is 0 Å². The number of piperidine rings is 1. The Hall–Kier alpha value is -1.88. The monoisotopic (exact) mass is 318 g/mol. The van der Waals surface area contributed by atoms with Gasteiger partial charge in [-0.1, -0.05) is 51.1 Å². The molecule has 0 bridgehead atoms. The molecule has 5 nitrogen and oxygen atoms in total. The molecule has 1 aromatic rings. The minimum atomic E-state index is -0.831. The van der Waals surface area contributed by atoms with E-state index in [1.807, 2.05) is 51.1 Å². The highest BCUT2D eigenvalue weighted by Crippen LogP contribution is 2.24. The fourth-order valence-corrected chi connectivity index (χ4v) is 2.92. The largest absolute Gasteiger partial charge is 0.481 e. The first-order chi connectivity index (χ1) is 10.8. The number of carboxylic acid groups (broad SMARTS) is 1. The van der Waals surface area contributed by atoms with Gasteiger partial charge in [0.25, 0.3) is 0 Å². The number of rotatable bonds is 4. The van der Waals surface area contributed by atoms with Gasteiger partial charge < -0.3 is 15.3 Å². The lowest BCUT2D eigenvalue weighted by molar-refractivity contribution is -0.149. The van der Waals surface area contributed by atoms with E-state index in [4.69, 9.17) is 0 Å². The van der Waals surface area contributed by atoms with Gasteiger partial charge >= 0.3 is 5.97 Å². The number of carbonyl (C=O) groups is 2. The average molecular weight is 318 g/mol. The molecule has 23 heavy (non-hydrogen) atoms. The van der Waals surface area contributed by atoms with Gasteiger partial charge in [0, 0.05) is 31.1 Å². The van der Waals surface area contributed by atoms with E-state index in [2.05, 4.69) is 5.32 Å². The van der Waals surface area contributed by atoms with Crippen molar-refractivity contribution in [2.45, 2.75) is 39.8 Å². The predicted octanol–water partition coefficient (Wildman–Crippen LogP) is 2.12. The first-order valence-corrected chi connectivity index (χ1v) is 8.07. The van der Waals surface area contributed by atoms with Crippen LogP contribution < -0.4 is 5.32 Å². The number of nitrogens with zero attached hydrogens (tertiary/aromatic N) is 1. The van der Waals surface area contributed by atoms with Crippen molar-refractivity contribution in [2.75, 3.05) is 13.1 Å². The number of hydrogen-bond donors (Lipinski definition) is 2. The highest BCUT2D eigenvalue weighted by Gasteiger charge is 2.37. The number of likely N-dealkylation sites (tertiary alicyclic amines) is 1. The smallest absolute Gasteiger partial charge is 0.308 e. The molecule has 1 saturated heterocycles. The molecule has 1 amide bonds. The second kappa shape index (κ2) is 7.13. The molecule has 2 atom stereocenters. The fourth-order valence-electron chi connectivity index (χ4n) is 2.92. The number of benzene rings is 1. The minimum Gasteiger partial charge on any atom is -0.481 e. The van der Waals surface area contributed by atoms with E-state index in [9.17, 15) is 14.7 Å². The van der Waals surface area contributed by atoms with Crippen molar-refractivity contribution in [3.05, 3.63) is 35.9 Å². The van der Waals surface area contributed by atoms with Crippen molar-refractivity contribution < 1.29 is 14.7 Å². The highest BCUT2D eigenvalue weighted by molar-refractivity contribution is 5.82. The molecule has 1 fully saturated rings. The highest BCUT2D eigenvalue weighted by atomic mass is 16.4. The Morgan fingerprint density at radius 1 is 1.22 bits per heavy atom. The van der Waals surface area contributed by atoms with Gasteiger partial charge in [-0.25, -0.2) is 0 Å². The topological polar surface area (TPSA) is 69.6 Å². The molecule has 2 unspecified atom stereocenters. The first-order valence-electron chi connectivity index (χ1n) is 8.07. The Kier molecular flexibility index (Phi) is 5.42. The van der Waals surface area contributed by atoms with Crippen molar-refractivity contribution in [2.24, 2.45) is 11.3 Å². The molecule has 126 valence electrons. The number of hydrogen-bond acceptors (Lipinski definition) is 3. The summed E-state index contributed by atoms with van der Waals surface area (Å²) < 4.78 is 0. The molecule has 0 aliphatic carbocycles. The lowest BCUT2D eigenvalue weighted by atomic mass is 9.89. The van der Waals surface area contributed by atoms with Crippen molar-refractivity contribution in [3.8, 4) is 0 Å². The molecule has 1 aliphatic rings. The Labute approximate surface area is 137 Å². The summed E-state index contributed by atoms with van der Waals surface area (Å²) in [7, 11) is 0. The number of amides is 1. The summed E-state index contributed by atoms with van der Waals surface area (Å²) in [4.78, 5) is 25.6. The molecule has 0 saturated carbocycles. The molecule has 1 aliphatic heterocycles. The van der Waals surface area contributed by atoms with Crippen molar-refractivity contribution in [3.63, 3.8) is 0 Å². The maximum atomic E-state index is 12.5. The van der Waals surface area contributed by atoms with Gasteiger partial charge in [0.2, 0.25) is 5.91 Å². The maximum Gasteiger partial charge on any atom is 0.308 e. The summed E-state index contributed by atoms with van der Waals surface area (Å²) in [5, 5.41) is 12.8. The lowest BCUT2D eigenvalue weighted by Gasteiger charge is -2.39. The summed E-state index contributed by atoms with van der Waals surface area (Å²) >= 11 is 0. The second-order valence-corrected chi connectivity index (χ2v) is 7.29. The molecule has 5 heteroatoms. The van der Waals surface area contributed by atoms with Crippen LogP contribution in [0.2, 0.25) is 0 Å². The Morgan fingerprint density at radius 3 is 2.43 bits per heavy atom. The van der Waals surface area contributed by atoms with Crippen LogP contribution in [0, 0.1) is 11.3 Å². The summed E-state index contributed by atoms with van der Waals surface area (Å²) in [5.41, 5.74) is 0.656. The molecular formula is C18H26N2O3. The van der Waals surface area contributed by atoms with Crippen molar-refractivity contribution in [1.82, 2.24) is 10.2 Å². The van der Waals surface area contributed by atoms with E-state index >= 15 is 0 Å². The Morgan fingerprint density at radius 2 is 1.87 bits per heavy atom. The third kappa shape index (κ3) is 4.79. The van der Waals surface area contributed by atoms with Crippen LogP contribution in [0.4, 0.5) is 0 Å². The maximum absolute atomic E-state index is 12.5. The third-order valence-electron chi connectivity index (χ3n) is 4.17. The zero-order valence-corrected chi connectivity index (χ0v) is 14.1. The molecule has 2 rings (SSSR count). The zero-order valence-electron chi connectivity index (χ0n) is 14.1. The lowest BCUT2D eigenvalue weighted by Crippen LogP contribution is -2.54. The van der Waals surface area contributed by atoms with E-state index < -0.39 is 17.3 Å². The van der Waals surface area contributed by atoms with Crippen LogP contribution in [-0.2, 0) is 16.1 Å². The van der Waals surface area contributed by atoms with Crippen LogP contribution in [0.25, 0.3) is 0 Å². The molecule has 0 spiro atoms. The minimum absolute atomic E-state index is 0.00337. The predicted molar refractivity (Wildman–Crippen MR) is 88.8 cm³/mol. The van der Waals surface area contributed by atoms with Gasteiger partial charge in [-0.05, 0) is 12.0 Å². The number of aliphatic carboxylic acids is 1. The number of carbonyl (C=O) groups excluding carboxylic acids is 1. The third-order valence-corrected chi connectivity index (χ3v) is 4.17. The van der Waals surface area contributed by atoms with E-state index in [1.54, 1.807) is 4.90 Å². The average Bonchev–Trinajstić information content (AvgIpc) is 2.52. The Balaban J connectivity index is 2.03. The molecule has 0 aromatic heterocycles. The Bertz CT molecular complexity index is 551. The molecular weight excluding hydrogens is 292 g/mol. The van der Waals surface area contributed by atoms with Crippen molar-refractivity contribution >= 4 is 11.9 Å². The van der Waals surface area contributed by atoms with Gasteiger partial charge in [0.1, 0.15) is 0 Å². The van der Waals surface area contributed by atoms with E-state index in [-0.39, 0.29) is 11.9 Å². The van der Waals surface area contributed by atoms with Crippen LogP contribution in [0.5, 0.6) is 0 Å². The fraction of sp³-hybridized carbons (Fsp3) is 0.556. The number of nitrogens with one attached hydrogen (secondary N) is 1. The van der Waals surface area contributed by atoms with Crippen LogP contribution in [0.15, 0.2) is 30.3 Å². The normalized spacial score (nSPS) is 22.0. The standard InChI is InChI=1S/C18H26N2O3/c1-18(2,3)17(23)20-11-14(16(21)22)9-15(12-20)19-10-13-7-5-4-6-8-13/h4-8,14-15,19H,9-12H2,1-3H3,(H,21,22). The van der Waals surface area contributed by atoms with E-state index in [0.29, 0.717) is 26.1 Å². The molecule has 0 radical (unpaired) electrons. The van der Waals surface area contributed by atoms with Gasteiger partial charge in [0.05, 0.1) is 5.92 Å². The first kappa shape index (κ1) is 17.5. The van der Waals surface area contributed by atoms with Crippen molar-refractivity contribution in [1.29, 1.82) is 0 Å².